The highest BCUT2D eigenvalue weighted by Crippen LogP contribution is 2.37. The van der Waals surface area contributed by atoms with Gasteiger partial charge >= 0.3 is 5.97 Å². The molecule has 7 heteroatoms. The number of para-hydroxylation sites is 1. The highest BCUT2D eigenvalue weighted by Gasteiger charge is 2.26. The predicted molar refractivity (Wildman–Crippen MR) is 102 cm³/mol. The van der Waals surface area contributed by atoms with E-state index in [2.05, 4.69) is 10.5 Å². The van der Waals surface area contributed by atoms with E-state index in [9.17, 15) is 4.79 Å². The highest BCUT2D eigenvalue weighted by atomic mass is 35.5. The number of halogens is 2. The lowest BCUT2D eigenvalue weighted by atomic mass is 10.1. The van der Waals surface area contributed by atoms with Gasteiger partial charge in [0.05, 0.1) is 17.2 Å². The summed E-state index contributed by atoms with van der Waals surface area (Å²) in [6.45, 7) is 0. The number of hydrogen-bond donors (Lipinski definition) is 1. The van der Waals surface area contributed by atoms with Gasteiger partial charge in [0.1, 0.15) is 11.3 Å². The maximum Gasteiger partial charge on any atom is 0.344 e. The van der Waals surface area contributed by atoms with Gasteiger partial charge < -0.3 is 14.6 Å². The highest BCUT2D eigenvalue weighted by molar-refractivity contribution is 6.39. The number of benzene rings is 2. The predicted octanol–water partition coefficient (Wildman–Crippen LogP) is 5.52. The maximum atomic E-state index is 12.3. The molecule has 1 aromatic heterocycles. The first-order chi connectivity index (χ1) is 12.6. The molecule has 0 bridgehead atoms. The Bertz CT molecular complexity index is 932. The van der Waals surface area contributed by atoms with Crippen LogP contribution in [0.4, 0.5) is 5.69 Å². The lowest BCUT2D eigenvalue weighted by molar-refractivity contribution is 0.0600. The number of anilines is 1. The second-order valence-electron chi connectivity index (χ2n) is 5.20. The molecule has 0 fully saturated rings. The normalized spacial score (nSPS) is 10.9. The third kappa shape index (κ3) is 3.74. The third-order valence-electron chi connectivity index (χ3n) is 3.57. The average molecular weight is 389 g/mol. The molecular formula is C19H14Cl2N2O3. The first-order valence-electron chi connectivity index (χ1n) is 7.62. The van der Waals surface area contributed by atoms with Crippen LogP contribution in [0.3, 0.4) is 0 Å². The van der Waals surface area contributed by atoms with E-state index in [1.165, 1.54) is 7.11 Å². The summed E-state index contributed by atoms with van der Waals surface area (Å²) in [5, 5.41) is 7.77. The van der Waals surface area contributed by atoms with E-state index < -0.39 is 5.97 Å². The number of methoxy groups -OCH3 is 1. The molecule has 132 valence electrons. The fourth-order valence-electron chi connectivity index (χ4n) is 2.36. The minimum Gasteiger partial charge on any atom is -0.465 e. The lowest BCUT2D eigenvalue weighted by Gasteiger charge is -2.05. The van der Waals surface area contributed by atoms with Crippen LogP contribution in [0.15, 0.2) is 59.3 Å². The van der Waals surface area contributed by atoms with Crippen LogP contribution in [0.5, 0.6) is 0 Å². The molecule has 2 aromatic carbocycles. The minimum absolute atomic E-state index is 0.147. The Morgan fingerprint density at radius 1 is 1.12 bits per heavy atom. The topological polar surface area (TPSA) is 64.4 Å². The molecule has 26 heavy (non-hydrogen) atoms. The zero-order valence-electron chi connectivity index (χ0n) is 13.7. The Labute approximate surface area is 160 Å². The Morgan fingerprint density at radius 3 is 2.46 bits per heavy atom. The van der Waals surface area contributed by atoms with E-state index >= 15 is 0 Å². The summed E-state index contributed by atoms with van der Waals surface area (Å²) in [7, 11) is 1.28. The van der Waals surface area contributed by atoms with Crippen molar-refractivity contribution in [2.75, 3.05) is 12.4 Å². The van der Waals surface area contributed by atoms with E-state index in [4.69, 9.17) is 32.5 Å². The van der Waals surface area contributed by atoms with Crippen molar-refractivity contribution in [2.45, 2.75) is 0 Å². The van der Waals surface area contributed by atoms with Crippen LogP contribution in [0.1, 0.15) is 16.1 Å². The van der Waals surface area contributed by atoms with Gasteiger partial charge in [-0.25, -0.2) is 4.79 Å². The molecule has 0 unspecified atom stereocenters. The molecule has 0 amide bonds. The number of ether oxygens (including phenoxy) is 1. The molecule has 0 spiro atoms. The number of aromatic nitrogens is 1. The van der Waals surface area contributed by atoms with Gasteiger partial charge in [-0.05, 0) is 24.3 Å². The fourth-order valence-corrected chi connectivity index (χ4v) is 2.93. The summed E-state index contributed by atoms with van der Waals surface area (Å²) in [6.07, 6.45) is 3.22. The van der Waals surface area contributed by atoms with E-state index in [0.29, 0.717) is 15.6 Å². The Kier molecular flexibility index (Phi) is 5.61. The van der Waals surface area contributed by atoms with Gasteiger partial charge in [-0.2, -0.15) is 0 Å². The Morgan fingerprint density at radius 2 is 1.81 bits per heavy atom. The number of carbonyl (C=O) groups excluding carboxylic acids is 1. The summed E-state index contributed by atoms with van der Waals surface area (Å²) in [6, 6.07) is 14.6. The number of nitrogens with zero attached hydrogens (tertiary/aromatic N) is 1. The van der Waals surface area contributed by atoms with Crippen LogP contribution in [0.2, 0.25) is 10.0 Å². The Balaban J connectivity index is 1.99. The van der Waals surface area contributed by atoms with Gasteiger partial charge in [0, 0.05) is 23.5 Å². The molecule has 3 rings (SSSR count). The van der Waals surface area contributed by atoms with Crippen LogP contribution in [-0.2, 0) is 4.74 Å². The summed E-state index contributed by atoms with van der Waals surface area (Å²) in [5.74, 6) is -0.372. The monoisotopic (exact) mass is 388 g/mol. The lowest BCUT2D eigenvalue weighted by Crippen LogP contribution is -2.04. The third-order valence-corrected chi connectivity index (χ3v) is 4.20. The SMILES string of the molecule is COC(=O)c1c(-c2c(Cl)cccc2Cl)noc1/C=C\Nc1ccccc1. The van der Waals surface area contributed by atoms with Crippen molar-refractivity contribution in [1.82, 2.24) is 5.16 Å². The Hall–Kier alpha value is -2.76. The molecule has 1 heterocycles. The molecule has 0 atom stereocenters. The van der Waals surface area contributed by atoms with E-state index in [0.717, 1.165) is 5.69 Å². The average Bonchev–Trinajstić information content (AvgIpc) is 3.05. The number of nitrogens with one attached hydrogen (secondary N) is 1. The van der Waals surface area contributed by atoms with Crippen molar-refractivity contribution < 1.29 is 14.1 Å². The molecular weight excluding hydrogens is 375 g/mol. The molecule has 0 saturated carbocycles. The van der Waals surface area contributed by atoms with E-state index in [1.54, 1.807) is 30.5 Å². The largest absolute Gasteiger partial charge is 0.465 e. The van der Waals surface area contributed by atoms with Crippen LogP contribution in [0.25, 0.3) is 17.3 Å². The molecule has 0 aliphatic heterocycles. The molecule has 1 N–H and O–H groups in total. The molecule has 0 radical (unpaired) electrons. The zero-order chi connectivity index (χ0) is 18.5. The molecule has 0 aliphatic carbocycles. The van der Waals surface area contributed by atoms with Crippen LogP contribution in [0, 0.1) is 0 Å². The van der Waals surface area contributed by atoms with E-state index in [1.807, 2.05) is 30.3 Å². The van der Waals surface area contributed by atoms with Gasteiger partial charge in [-0.1, -0.05) is 52.6 Å². The first-order valence-corrected chi connectivity index (χ1v) is 8.38. The number of rotatable bonds is 5. The number of esters is 1. The van der Waals surface area contributed by atoms with Crippen molar-refractivity contribution in [2.24, 2.45) is 0 Å². The number of carbonyl (C=O) groups is 1. The van der Waals surface area contributed by atoms with Gasteiger partial charge in [0.2, 0.25) is 0 Å². The van der Waals surface area contributed by atoms with Crippen molar-refractivity contribution in [3.05, 3.63) is 76.1 Å². The van der Waals surface area contributed by atoms with Crippen LogP contribution in [-0.4, -0.2) is 18.2 Å². The van der Waals surface area contributed by atoms with Crippen LogP contribution < -0.4 is 5.32 Å². The summed E-state index contributed by atoms with van der Waals surface area (Å²) >= 11 is 12.5. The summed E-state index contributed by atoms with van der Waals surface area (Å²) < 4.78 is 10.2. The van der Waals surface area contributed by atoms with Crippen LogP contribution >= 0.6 is 23.2 Å². The number of hydrogen-bond acceptors (Lipinski definition) is 5. The molecule has 0 saturated heterocycles. The minimum atomic E-state index is -0.600. The summed E-state index contributed by atoms with van der Waals surface area (Å²) in [4.78, 5) is 12.3. The zero-order valence-corrected chi connectivity index (χ0v) is 15.2. The quantitative estimate of drug-likeness (QED) is 0.583. The van der Waals surface area contributed by atoms with E-state index in [-0.39, 0.29) is 17.0 Å². The van der Waals surface area contributed by atoms with Gasteiger partial charge in [0.25, 0.3) is 0 Å². The van der Waals surface area contributed by atoms with Gasteiger partial charge in [-0.15, -0.1) is 0 Å². The van der Waals surface area contributed by atoms with Crippen molar-refractivity contribution in [1.29, 1.82) is 0 Å². The maximum absolute atomic E-state index is 12.3. The second kappa shape index (κ2) is 8.08. The molecule has 3 aromatic rings. The first kappa shape index (κ1) is 18.0. The van der Waals surface area contributed by atoms with Gasteiger partial charge in [0.15, 0.2) is 5.76 Å². The fraction of sp³-hybridized carbons (Fsp3) is 0.0526. The molecule has 5 nitrogen and oxygen atoms in total. The van der Waals surface area contributed by atoms with Gasteiger partial charge in [-0.3, -0.25) is 0 Å². The van der Waals surface area contributed by atoms with Crippen molar-refractivity contribution in [3.8, 4) is 11.3 Å². The standard InChI is InChI=1S/C19H14Cl2N2O3/c1-25-19(24)17-15(10-11-22-12-6-3-2-4-7-12)26-23-18(17)16-13(20)8-5-9-14(16)21/h2-11,22H,1H3/b11-10-. The smallest absolute Gasteiger partial charge is 0.344 e. The molecule has 0 aliphatic rings. The second-order valence-corrected chi connectivity index (χ2v) is 6.02. The summed E-state index contributed by atoms with van der Waals surface area (Å²) in [5.41, 5.74) is 1.67. The van der Waals surface area contributed by atoms with Crippen molar-refractivity contribution in [3.63, 3.8) is 0 Å². The van der Waals surface area contributed by atoms with Crippen molar-refractivity contribution >= 4 is 40.9 Å².